The van der Waals surface area contributed by atoms with Crippen molar-refractivity contribution >= 4 is 5.78 Å². The molecule has 0 aromatic heterocycles. The molecule has 2 rings (SSSR count). The van der Waals surface area contributed by atoms with Crippen LogP contribution in [0.15, 0.2) is 60.7 Å². The van der Waals surface area contributed by atoms with Crippen molar-refractivity contribution in [2.45, 2.75) is 12.8 Å². The molecule has 0 saturated heterocycles. The lowest BCUT2D eigenvalue weighted by Crippen LogP contribution is -2.06. The molecule has 0 radical (unpaired) electrons. The van der Waals surface area contributed by atoms with Gasteiger partial charge < -0.3 is 0 Å². The summed E-state index contributed by atoms with van der Waals surface area (Å²) in [4.78, 5) is 11.7. The second-order valence-corrected chi connectivity index (χ2v) is 4.09. The first kappa shape index (κ1) is 12.1. The van der Waals surface area contributed by atoms with Gasteiger partial charge in [-0.05, 0) is 24.6 Å². The van der Waals surface area contributed by atoms with Crippen LogP contribution in [0.1, 0.15) is 24.0 Å². The zero-order chi connectivity index (χ0) is 12.8. The number of rotatable bonds is 2. The smallest absolute Gasteiger partial charge is 0.149 e. The van der Waals surface area contributed by atoms with E-state index >= 15 is 0 Å². The van der Waals surface area contributed by atoms with Crippen LogP contribution >= 0.6 is 0 Å². The molecule has 1 atom stereocenters. The second kappa shape index (κ2) is 5.84. The maximum atomic E-state index is 11.7. The Balaban J connectivity index is 2.29. The first-order valence-electron chi connectivity index (χ1n) is 5.89. The van der Waals surface area contributed by atoms with Crippen molar-refractivity contribution in [1.29, 1.82) is 0 Å². The quantitative estimate of drug-likeness (QED) is 0.728. The van der Waals surface area contributed by atoms with Crippen LogP contribution in [0.5, 0.6) is 0 Å². The van der Waals surface area contributed by atoms with E-state index in [-0.39, 0.29) is 11.7 Å². The van der Waals surface area contributed by atoms with Gasteiger partial charge in [0.2, 0.25) is 0 Å². The molecule has 2 aromatic carbocycles. The summed E-state index contributed by atoms with van der Waals surface area (Å²) in [5, 5.41) is 0. The molecule has 2 aromatic rings. The van der Waals surface area contributed by atoms with E-state index < -0.39 is 0 Å². The van der Waals surface area contributed by atoms with Gasteiger partial charge in [0, 0.05) is 5.56 Å². The fourth-order valence-electron chi connectivity index (χ4n) is 1.74. The van der Waals surface area contributed by atoms with Gasteiger partial charge in [-0.1, -0.05) is 60.4 Å². The molecule has 88 valence electrons. The third-order valence-electron chi connectivity index (χ3n) is 2.67. The maximum Gasteiger partial charge on any atom is 0.149 e. The fourth-order valence-corrected chi connectivity index (χ4v) is 1.74. The summed E-state index contributed by atoms with van der Waals surface area (Å²) in [5.41, 5.74) is 1.88. The SMILES string of the molecule is CC(=O)C(C#Cc1ccccc1)c1ccccc1. The second-order valence-electron chi connectivity index (χ2n) is 4.09. The van der Waals surface area contributed by atoms with Crippen LogP contribution in [0.25, 0.3) is 0 Å². The Morgan fingerprint density at radius 1 is 0.944 bits per heavy atom. The van der Waals surface area contributed by atoms with Crippen molar-refractivity contribution in [1.82, 2.24) is 0 Å². The minimum atomic E-state index is -0.341. The lowest BCUT2D eigenvalue weighted by Gasteiger charge is -2.06. The topological polar surface area (TPSA) is 17.1 Å². The van der Waals surface area contributed by atoms with E-state index in [1.807, 2.05) is 60.7 Å². The van der Waals surface area contributed by atoms with Gasteiger partial charge in [-0.2, -0.15) is 0 Å². The third kappa shape index (κ3) is 3.09. The molecule has 0 heterocycles. The van der Waals surface area contributed by atoms with E-state index in [1.165, 1.54) is 0 Å². The Kier molecular flexibility index (Phi) is 3.94. The average Bonchev–Trinajstić information content (AvgIpc) is 2.41. The molecule has 0 aliphatic heterocycles. The number of carbonyl (C=O) groups is 1. The highest BCUT2D eigenvalue weighted by molar-refractivity contribution is 5.86. The number of benzene rings is 2. The number of ketones is 1. The van der Waals surface area contributed by atoms with Gasteiger partial charge in [0.05, 0.1) is 0 Å². The van der Waals surface area contributed by atoms with E-state index in [4.69, 9.17) is 0 Å². The molecule has 0 aliphatic carbocycles. The van der Waals surface area contributed by atoms with E-state index in [0.29, 0.717) is 0 Å². The van der Waals surface area contributed by atoms with Gasteiger partial charge in [-0.3, -0.25) is 4.79 Å². The van der Waals surface area contributed by atoms with Gasteiger partial charge in [-0.25, -0.2) is 0 Å². The maximum absolute atomic E-state index is 11.7. The first-order valence-corrected chi connectivity index (χ1v) is 5.89. The molecule has 0 aliphatic rings. The zero-order valence-corrected chi connectivity index (χ0v) is 10.3. The molecule has 0 N–H and O–H groups in total. The molecule has 0 saturated carbocycles. The number of carbonyl (C=O) groups excluding carboxylic acids is 1. The zero-order valence-electron chi connectivity index (χ0n) is 10.3. The summed E-state index contributed by atoms with van der Waals surface area (Å²) in [6.45, 7) is 1.58. The number of hydrogen-bond acceptors (Lipinski definition) is 1. The highest BCUT2D eigenvalue weighted by Crippen LogP contribution is 2.15. The van der Waals surface area contributed by atoms with Crippen LogP contribution in [-0.4, -0.2) is 5.78 Å². The van der Waals surface area contributed by atoms with Crippen LogP contribution in [0, 0.1) is 11.8 Å². The lowest BCUT2D eigenvalue weighted by molar-refractivity contribution is -0.117. The molecule has 18 heavy (non-hydrogen) atoms. The van der Waals surface area contributed by atoms with Crippen molar-refractivity contribution in [3.63, 3.8) is 0 Å². The molecule has 0 bridgehead atoms. The minimum Gasteiger partial charge on any atom is -0.298 e. The summed E-state index contributed by atoms with van der Waals surface area (Å²) < 4.78 is 0. The molecular weight excluding hydrogens is 220 g/mol. The van der Waals surface area contributed by atoms with Crippen molar-refractivity contribution in [3.8, 4) is 11.8 Å². The summed E-state index contributed by atoms with van der Waals surface area (Å²) in [7, 11) is 0. The average molecular weight is 234 g/mol. The minimum absolute atomic E-state index is 0.0737. The molecule has 0 spiro atoms. The predicted molar refractivity (Wildman–Crippen MR) is 73.2 cm³/mol. The van der Waals surface area contributed by atoms with Crippen molar-refractivity contribution in [2.75, 3.05) is 0 Å². The standard InChI is InChI=1S/C17H14O/c1-14(18)17(16-10-6-3-7-11-16)13-12-15-8-4-2-5-9-15/h2-11,17H,1H3. The predicted octanol–water partition coefficient (Wildman–Crippen LogP) is 3.41. The van der Waals surface area contributed by atoms with Crippen LogP contribution in [0.2, 0.25) is 0 Å². The van der Waals surface area contributed by atoms with Crippen LogP contribution in [0.4, 0.5) is 0 Å². The third-order valence-corrected chi connectivity index (χ3v) is 2.67. The van der Waals surface area contributed by atoms with Gasteiger partial charge in [0.1, 0.15) is 11.7 Å². The fraction of sp³-hybridized carbons (Fsp3) is 0.118. The van der Waals surface area contributed by atoms with E-state index in [2.05, 4.69) is 11.8 Å². The molecule has 1 unspecified atom stereocenters. The van der Waals surface area contributed by atoms with E-state index in [0.717, 1.165) is 11.1 Å². The Bertz CT molecular complexity index is 573. The molecule has 1 nitrogen and oxygen atoms in total. The Morgan fingerprint density at radius 3 is 2.06 bits per heavy atom. The lowest BCUT2D eigenvalue weighted by atomic mass is 9.96. The Morgan fingerprint density at radius 2 is 1.50 bits per heavy atom. The van der Waals surface area contributed by atoms with E-state index in [9.17, 15) is 4.79 Å². The van der Waals surface area contributed by atoms with Gasteiger partial charge in [0.25, 0.3) is 0 Å². The largest absolute Gasteiger partial charge is 0.298 e. The summed E-state index contributed by atoms with van der Waals surface area (Å²) >= 11 is 0. The summed E-state index contributed by atoms with van der Waals surface area (Å²) in [6.07, 6.45) is 0. The molecule has 0 fully saturated rings. The van der Waals surface area contributed by atoms with Crippen molar-refractivity contribution in [3.05, 3.63) is 71.8 Å². The number of Topliss-reactive ketones (excluding diaryl/α,β-unsaturated/α-hetero) is 1. The summed E-state index contributed by atoms with van der Waals surface area (Å²) in [6, 6.07) is 19.4. The van der Waals surface area contributed by atoms with Gasteiger partial charge >= 0.3 is 0 Å². The number of hydrogen-bond donors (Lipinski definition) is 0. The van der Waals surface area contributed by atoms with Crippen molar-refractivity contribution < 1.29 is 4.79 Å². The Labute approximate surface area is 107 Å². The highest BCUT2D eigenvalue weighted by Gasteiger charge is 2.12. The van der Waals surface area contributed by atoms with Crippen molar-refractivity contribution in [2.24, 2.45) is 0 Å². The van der Waals surface area contributed by atoms with Crippen LogP contribution < -0.4 is 0 Å². The molecule has 1 heteroatoms. The monoisotopic (exact) mass is 234 g/mol. The normalized spacial score (nSPS) is 11.2. The van der Waals surface area contributed by atoms with Crippen LogP contribution in [0.3, 0.4) is 0 Å². The first-order chi connectivity index (χ1) is 8.77. The Hall–Kier alpha value is -2.33. The van der Waals surface area contributed by atoms with E-state index in [1.54, 1.807) is 6.92 Å². The molecule has 0 amide bonds. The van der Waals surface area contributed by atoms with Gasteiger partial charge in [-0.15, -0.1) is 0 Å². The summed E-state index contributed by atoms with van der Waals surface area (Å²) in [5.74, 6) is 5.84. The highest BCUT2D eigenvalue weighted by atomic mass is 16.1. The molecular formula is C17H14O. The van der Waals surface area contributed by atoms with Crippen LogP contribution in [-0.2, 0) is 4.79 Å². The van der Waals surface area contributed by atoms with Gasteiger partial charge in [0.15, 0.2) is 0 Å².